The first kappa shape index (κ1) is 12.3. The van der Waals surface area contributed by atoms with Crippen molar-refractivity contribution in [2.45, 2.75) is 0 Å². The van der Waals surface area contributed by atoms with Gasteiger partial charge in [0.1, 0.15) is 11.3 Å². The van der Waals surface area contributed by atoms with Gasteiger partial charge in [-0.2, -0.15) is 0 Å². The van der Waals surface area contributed by atoms with Crippen molar-refractivity contribution in [3.63, 3.8) is 0 Å². The number of aromatic carboxylic acids is 1. The maximum absolute atomic E-state index is 10.7. The van der Waals surface area contributed by atoms with Crippen LogP contribution in [0.15, 0.2) is 36.4 Å². The number of aromatic hydroxyl groups is 1. The zero-order valence-corrected chi connectivity index (χ0v) is 10.2. The van der Waals surface area contributed by atoms with Crippen molar-refractivity contribution in [1.29, 1.82) is 0 Å². The van der Waals surface area contributed by atoms with Crippen molar-refractivity contribution in [2.24, 2.45) is 0 Å². The first-order valence-corrected chi connectivity index (χ1v) is 4.13. The van der Waals surface area contributed by atoms with Crippen LogP contribution >= 0.6 is 0 Å². The Morgan fingerprint density at radius 3 is 2.20 bits per heavy atom. The van der Waals surface area contributed by atoms with Crippen molar-refractivity contribution < 1.29 is 17.9 Å². The number of hydrogen-bond acceptors (Lipinski definition) is 2. The van der Waals surface area contributed by atoms with Crippen LogP contribution in [0.3, 0.4) is 0 Å². The molecule has 15 heavy (non-hydrogen) atoms. The topological polar surface area (TPSA) is 57.5 Å². The predicted molar refractivity (Wildman–Crippen MR) is 60.6 cm³/mol. The summed E-state index contributed by atoms with van der Waals surface area (Å²) in [7, 11) is 0. The molecule has 2 aromatic carbocycles. The summed E-state index contributed by atoms with van der Waals surface area (Å²) >= 11 is 0. The SMILES string of the molecule is O=C(O)c1cc2ccccc2cc1O.[Ca+2].[H-].[H-]. The molecule has 2 N–H and O–H groups in total. The average molecular weight is 230 g/mol. The number of fused-ring (bicyclic) bond motifs is 1. The summed E-state index contributed by atoms with van der Waals surface area (Å²) in [6, 6.07) is 10.2. The quantitative estimate of drug-likeness (QED) is 0.737. The third kappa shape index (κ3) is 2.42. The summed E-state index contributed by atoms with van der Waals surface area (Å²) in [4.78, 5) is 10.7. The third-order valence-electron chi connectivity index (χ3n) is 2.09. The maximum Gasteiger partial charge on any atom is 2.00 e. The summed E-state index contributed by atoms with van der Waals surface area (Å²) in [6.07, 6.45) is 0. The molecule has 0 heterocycles. The molecule has 0 aliphatic rings. The fourth-order valence-electron chi connectivity index (χ4n) is 1.40. The number of rotatable bonds is 1. The molecule has 0 spiro atoms. The Balaban J connectivity index is 0. The van der Waals surface area contributed by atoms with Crippen LogP contribution < -0.4 is 0 Å². The molecule has 0 aromatic heterocycles. The van der Waals surface area contributed by atoms with Crippen LogP contribution in [-0.2, 0) is 0 Å². The molecule has 74 valence electrons. The van der Waals surface area contributed by atoms with E-state index < -0.39 is 5.97 Å². The number of hydrogen-bond donors (Lipinski definition) is 2. The largest absolute Gasteiger partial charge is 2.00 e. The van der Waals surface area contributed by atoms with Crippen molar-refractivity contribution in [3.8, 4) is 5.75 Å². The molecule has 0 aliphatic carbocycles. The van der Waals surface area contributed by atoms with Gasteiger partial charge in [0.25, 0.3) is 0 Å². The van der Waals surface area contributed by atoms with Crippen molar-refractivity contribution >= 4 is 54.5 Å². The second kappa shape index (κ2) is 4.84. The van der Waals surface area contributed by atoms with E-state index in [9.17, 15) is 9.90 Å². The van der Waals surface area contributed by atoms with Gasteiger partial charge in [0.05, 0.1) is 0 Å². The van der Waals surface area contributed by atoms with Crippen molar-refractivity contribution in [1.82, 2.24) is 0 Å². The normalized spacial score (nSPS) is 9.60. The second-order valence-corrected chi connectivity index (χ2v) is 3.02. The fraction of sp³-hybridized carbons (Fsp3) is 0. The van der Waals surface area contributed by atoms with Crippen LogP contribution in [0.25, 0.3) is 10.8 Å². The van der Waals surface area contributed by atoms with Gasteiger partial charge in [0.15, 0.2) is 0 Å². The first-order valence-electron chi connectivity index (χ1n) is 4.13. The standard InChI is InChI=1S/C11H8O3.Ca.2H/c12-10-6-8-4-2-1-3-7(8)5-9(10)11(13)14;;;/h1-6,12H,(H,13,14);;;/q;+2;2*-1. The van der Waals surface area contributed by atoms with Gasteiger partial charge in [-0.15, -0.1) is 0 Å². The minimum absolute atomic E-state index is 0. The van der Waals surface area contributed by atoms with Gasteiger partial charge in [-0.05, 0) is 22.9 Å². The summed E-state index contributed by atoms with van der Waals surface area (Å²) in [5.74, 6) is -1.32. The van der Waals surface area contributed by atoms with Gasteiger partial charge in [-0.25, -0.2) is 4.79 Å². The van der Waals surface area contributed by atoms with Crippen LogP contribution in [0.4, 0.5) is 0 Å². The zero-order chi connectivity index (χ0) is 10.1. The number of carboxylic acid groups (broad SMARTS) is 1. The summed E-state index contributed by atoms with van der Waals surface area (Å²) < 4.78 is 0. The van der Waals surface area contributed by atoms with E-state index in [4.69, 9.17) is 5.11 Å². The predicted octanol–water partition coefficient (Wildman–Crippen LogP) is 2.09. The summed E-state index contributed by atoms with van der Waals surface area (Å²) in [6.45, 7) is 0. The van der Waals surface area contributed by atoms with Crippen LogP contribution in [0, 0.1) is 0 Å². The minimum atomic E-state index is -1.12. The molecule has 0 aliphatic heterocycles. The van der Waals surface area contributed by atoms with E-state index in [1.165, 1.54) is 12.1 Å². The van der Waals surface area contributed by atoms with Crippen LogP contribution in [0.2, 0.25) is 0 Å². The Morgan fingerprint density at radius 2 is 1.67 bits per heavy atom. The van der Waals surface area contributed by atoms with Gasteiger partial charge in [0, 0.05) is 0 Å². The van der Waals surface area contributed by atoms with Crippen molar-refractivity contribution in [3.05, 3.63) is 42.0 Å². The smallest absolute Gasteiger partial charge is 1.00 e. The molecular formula is C11H10CaO3. The molecule has 2 rings (SSSR count). The van der Waals surface area contributed by atoms with Gasteiger partial charge >= 0.3 is 43.7 Å². The molecule has 0 bridgehead atoms. The molecule has 0 atom stereocenters. The molecule has 0 saturated heterocycles. The zero-order valence-electron chi connectivity index (χ0n) is 9.97. The Bertz CT molecular complexity index is 517. The fourth-order valence-corrected chi connectivity index (χ4v) is 1.40. The Kier molecular flexibility index (Phi) is 3.96. The molecule has 2 aromatic rings. The maximum atomic E-state index is 10.7. The van der Waals surface area contributed by atoms with Crippen LogP contribution in [0.5, 0.6) is 5.75 Å². The Labute approximate surface area is 119 Å². The average Bonchev–Trinajstić information content (AvgIpc) is 2.16. The molecule has 0 fully saturated rings. The van der Waals surface area contributed by atoms with E-state index in [1.54, 1.807) is 6.07 Å². The number of phenols is 1. The molecule has 4 heteroatoms. The van der Waals surface area contributed by atoms with E-state index in [0.29, 0.717) is 0 Å². The van der Waals surface area contributed by atoms with Gasteiger partial charge in [-0.3, -0.25) is 0 Å². The molecule has 0 radical (unpaired) electrons. The van der Waals surface area contributed by atoms with Crippen LogP contribution in [-0.4, -0.2) is 53.9 Å². The number of carbonyl (C=O) groups is 1. The second-order valence-electron chi connectivity index (χ2n) is 3.02. The van der Waals surface area contributed by atoms with Gasteiger partial charge in [0.2, 0.25) is 0 Å². The van der Waals surface area contributed by atoms with E-state index in [0.717, 1.165) is 10.8 Å². The summed E-state index contributed by atoms with van der Waals surface area (Å²) in [5.41, 5.74) is -0.0660. The molecular weight excluding hydrogens is 220 g/mol. The third-order valence-corrected chi connectivity index (χ3v) is 2.09. The van der Waals surface area contributed by atoms with E-state index >= 15 is 0 Å². The minimum Gasteiger partial charge on any atom is -1.00 e. The monoisotopic (exact) mass is 230 g/mol. The van der Waals surface area contributed by atoms with E-state index in [2.05, 4.69) is 0 Å². The first-order chi connectivity index (χ1) is 6.68. The van der Waals surface area contributed by atoms with Gasteiger partial charge in [-0.1, -0.05) is 24.3 Å². The van der Waals surface area contributed by atoms with E-state index in [1.807, 2.05) is 18.2 Å². The Morgan fingerprint density at radius 1 is 1.13 bits per heavy atom. The van der Waals surface area contributed by atoms with E-state index in [-0.39, 0.29) is 51.9 Å². The molecule has 0 saturated carbocycles. The Hall–Kier alpha value is -0.770. The molecule has 3 nitrogen and oxygen atoms in total. The molecule has 0 amide bonds. The van der Waals surface area contributed by atoms with Gasteiger partial charge < -0.3 is 13.1 Å². The van der Waals surface area contributed by atoms with Crippen LogP contribution in [0.1, 0.15) is 13.2 Å². The molecule has 0 unspecified atom stereocenters. The summed E-state index contributed by atoms with van der Waals surface area (Å²) in [5, 5.41) is 19.8. The number of benzene rings is 2. The number of carboxylic acids is 1. The van der Waals surface area contributed by atoms with Crippen molar-refractivity contribution in [2.75, 3.05) is 0 Å².